The Morgan fingerprint density at radius 3 is 0.712 bits per heavy atom. The molecule has 0 radical (unpaired) electrons. The van der Waals surface area contributed by atoms with Gasteiger partial charge in [-0.1, -0.05) is 24.3 Å². The Kier molecular flexibility index (Phi) is 8.68. The zero-order valence-corrected chi connectivity index (χ0v) is 28.5. The third kappa shape index (κ3) is 5.67. The van der Waals surface area contributed by atoms with E-state index in [9.17, 15) is 0 Å². The molecule has 6 nitrogen and oxygen atoms in total. The molecule has 8 rings (SSSR count). The zero-order valence-electron chi connectivity index (χ0n) is 25.3. The molecule has 258 valence electrons. The van der Waals surface area contributed by atoms with Crippen LogP contribution in [0.5, 0.6) is 0 Å². The summed E-state index contributed by atoms with van der Waals surface area (Å²) in [4.78, 5) is 26.3. The molecule has 0 amide bonds. The molecule has 0 spiro atoms. The maximum Gasteiger partial charge on any atom is 0.174 e. The van der Waals surface area contributed by atoms with Crippen LogP contribution in [-0.4, -0.2) is 29.9 Å². The van der Waals surface area contributed by atoms with Crippen LogP contribution in [0.25, 0.3) is 76.7 Å². The highest BCUT2D eigenvalue weighted by Crippen LogP contribution is 2.42. The van der Waals surface area contributed by atoms with Crippen LogP contribution in [-0.2, 0) is 0 Å². The van der Waals surface area contributed by atoms with Gasteiger partial charge in [0.1, 0.15) is 0 Å². The van der Waals surface area contributed by atoms with Gasteiger partial charge < -0.3 is 0 Å². The Bertz CT molecular complexity index is 2270. The van der Waals surface area contributed by atoms with Crippen molar-refractivity contribution in [2.75, 3.05) is 0 Å². The van der Waals surface area contributed by atoms with Crippen molar-refractivity contribution in [3.8, 4) is 76.7 Å². The zero-order chi connectivity index (χ0) is 36.3. The second kappa shape index (κ2) is 13.4. The molecular formula is C34H12F8N6S4. The fraction of sp³-hybridized carbons (Fsp3) is 0. The molecule has 18 heteroatoms. The van der Waals surface area contributed by atoms with E-state index in [-0.39, 0.29) is 23.3 Å². The van der Waals surface area contributed by atoms with Crippen LogP contribution in [0.3, 0.4) is 0 Å². The van der Waals surface area contributed by atoms with Gasteiger partial charge in [-0.05, 0) is 45.8 Å². The van der Waals surface area contributed by atoms with Crippen molar-refractivity contribution < 1.29 is 35.1 Å². The van der Waals surface area contributed by atoms with Gasteiger partial charge in [-0.2, -0.15) is 0 Å². The number of rotatable bonds is 7. The maximum absolute atomic E-state index is 15.9. The van der Waals surface area contributed by atoms with Crippen LogP contribution in [0.15, 0.2) is 70.1 Å². The van der Waals surface area contributed by atoms with Crippen molar-refractivity contribution in [2.45, 2.75) is 0 Å². The standard InChI is InChI=1S/C34H12F8N6S4/c35-21-17(22(36)26(40)19(25(21)39)33-45-29(13-5-1-9-49-13)43-30(46-33)14-6-2-10-50-14)18-23(37)27(41)20(28(42)24(18)38)34-47-31(15-7-3-11-51-15)44-32(48-34)16-8-4-12-52-16/h1-12H. The molecule has 2 aromatic carbocycles. The minimum Gasteiger partial charge on any atom is -0.207 e. The molecule has 8 aromatic rings. The summed E-state index contributed by atoms with van der Waals surface area (Å²) >= 11 is 4.62. The van der Waals surface area contributed by atoms with E-state index in [0.717, 1.165) is 45.3 Å². The van der Waals surface area contributed by atoms with E-state index in [1.807, 2.05) is 0 Å². The lowest BCUT2D eigenvalue weighted by Gasteiger charge is -2.16. The van der Waals surface area contributed by atoms with Gasteiger partial charge >= 0.3 is 0 Å². The second-order valence-corrected chi connectivity index (χ2v) is 14.3. The van der Waals surface area contributed by atoms with E-state index < -0.39 is 80.4 Å². The number of aromatic nitrogens is 6. The van der Waals surface area contributed by atoms with E-state index in [2.05, 4.69) is 29.9 Å². The van der Waals surface area contributed by atoms with E-state index >= 15 is 35.1 Å². The third-order valence-corrected chi connectivity index (χ3v) is 10.9. The number of hydrogen-bond acceptors (Lipinski definition) is 10. The summed E-state index contributed by atoms with van der Waals surface area (Å²) in [5, 5.41) is 6.66. The number of thiophene rings is 4. The Morgan fingerprint density at radius 2 is 0.500 bits per heavy atom. The summed E-state index contributed by atoms with van der Waals surface area (Å²) in [5.41, 5.74) is -6.97. The molecule has 0 aliphatic rings. The number of halogens is 8. The smallest absolute Gasteiger partial charge is 0.174 e. The first kappa shape index (κ1) is 33.8. The molecule has 0 unspecified atom stereocenters. The van der Waals surface area contributed by atoms with Crippen molar-refractivity contribution in [1.29, 1.82) is 0 Å². The van der Waals surface area contributed by atoms with Gasteiger partial charge in [0.15, 0.2) is 81.5 Å². The molecule has 0 saturated carbocycles. The summed E-state index contributed by atoms with van der Waals surface area (Å²) in [7, 11) is 0. The van der Waals surface area contributed by atoms with Gasteiger partial charge in [0.2, 0.25) is 0 Å². The van der Waals surface area contributed by atoms with Gasteiger partial charge in [0.05, 0.1) is 41.8 Å². The third-order valence-electron chi connectivity index (χ3n) is 7.46. The summed E-state index contributed by atoms with van der Waals surface area (Å²) in [5.74, 6) is -20.3. The van der Waals surface area contributed by atoms with Gasteiger partial charge in [-0.25, -0.2) is 65.0 Å². The lowest BCUT2D eigenvalue weighted by molar-refractivity contribution is 0.445. The normalized spacial score (nSPS) is 11.5. The van der Waals surface area contributed by atoms with Crippen LogP contribution in [0.1, 0.15) is 0 Å². The van der Waals surface area contributed by atoms with Gasteiger partial charge in [0, 0.05) is 0 Å². The first-order valence-electron chi connectivity index (χ1n) is 14.5. The number of hydrogen-bond donors (Lipinski definition) is 0. The Balaban J connectivity index is 1.31. The SMILES string of the molecule is Fc1c(F)c(-c2c(F)c(F)c(-c3nc(-c4cccs4)nc(-c4cccs4)n3)c(F)c2F)c(F)c(F)c1-c1nc(-c2cccs2)nc(-c2cccs2)n1. The topological polar surface area (TPSA) is 77.3 Å². The predicted molar refractivity (Wildman–Crippen MR) is 182 cm³/mol. The lowest BCUT2D eigenvalue weighted by Crippen LogP contribution is -2.11. The van der Waals surface area contributed by atoms with Crippen LogP contribution in [0.2, 0.25) is 0 Å². The second-order valence-electron chi connectivity index (χ2n) is 10.5. The molecule has 0 atom stereocenters. The van der Waals surface area contributed by atoms with Crippen LogP contribution in [0, 0.1) is 46.5 Å². The lowest BCUT2D eigenvalue weighted by atomic mass is 9.97. The fourth-order valence-corrected chi connectivity index (χ4v) is 7.76. The van der Waals surface area contributed by atoms with Crippen LogP contribution < -0.4 is 0 Å². The Hall–Kier alpha value is -5.30. The highest BCUT2D eigenvalue weighted by molar-refractivity contribution is 7.14. The molecule has 0 saturated heterocycles. The molecule has 0 aliphatic heterocycles. The average molecular weight is 785 g/mol. The maximum atomic E-state index is 15.9. The molecule has 6 heterocycles. The summed E-state index contributed by atoms with van der Waals surface area (Å²) < 4.78 is 127. The first-order valence-corrected chi connectivity index (χ1v) is 18.0. The Morgan fingerprint density at radius 1 is 0.288 bits per heavy atom. The predicted octanol–water partition coefficient (Wildman–Crippen LogP) is 11.1. The van der Waals surface area contributed by atoms with Gasteiger partial charge in [0.25, 0.3) is 0 Å². The molecular weight excluding hydrogens is 773 g/mol. The van der Waals surface area contributed by atoms with Crippen molar-refractivity contribution in [3.63, 3.8) is 0 Å². The van der Waals surface area contributed by atoms with Crippen LogP contribution in [0.4, 0.5) is 35.1 Å². The highest BCUT2D eigenvalue weighted by atomic mass is 32.1. The molecule has 0 aliphatic carbocycles. The van der Waals surface area contributed by atoms with E-state index in [4.69, 9.17) is 0 Å². The molecule has 0 N–H and O–H groups in total. The molecule has 0 fully saturated rings. The van der Waals surface area contributed by atoms with Crippen LogP contribution >= 0.6 is 45.3 Å². The summed E-state index contributed by atoms with van der Waals surface area (Å²) in [6, 6.07) is 12.9. The molecule has 6 aromatic heterocycles. The van der Waals surface area contributed by atoms with Crippen molar-refractivity contribution in [2.24, 2.45) is 0 Å². The van der Waals surface area contributed by atoms with Crippen molar-refractivity contribution >= 4 is 45.3 Å². The Labute approximate surface area is 302 Å². The fourth-order valence-electron chi connectivity index (χ4n) is 5.13. The minimum atomic E-state index is -2.37. The molecule has 0 bridgehead atoms. The first-order chi connectivity index (χ1) is 25.1. The van der Waals surface area contributed by atoms with E-state index in [1.54, 1.807) is 70.1 Å². The van der Waals surface area contributed by atoms with E-state index in [1.165, 1.54) is 0 Å². The van der Waals surface area contributed by atoms with Crippen molar-refractivity contribution in [1.82, 2.24) is 29.9 Å². The quantitative estimate of drug-likeness (QED) is 0.118. The van der Waals surface area contributed by atoms with Gasteiger partial charge in [-0.15, -0.1) is 45.3 Å². The summed E-state index contributed by atoms with van der Waals surface area (Å²) in [6.07, 6.45) is 0. The monoisotopic (exact) mass is 784 g/mol. The number of benzene rings is 2. The largest absolute Gasteiger partial charge is 0.207 e. The average Bonchev–Trinajstić information content (AvgIpc) is 3.99. The van der Waals surface area contributed by atoms with E-state index in [0.29, 0.717) is 19.5 Å². The highest BCUT2D eigenvalue weighted by Gasteiger charge is 2.36. The van der Waals surface area contributed by atoms with Gasteiger partial charge in [-0.3, -0.25) is 0 Å². The number of nitrogens with zero attached hydrogens (tertiary/aromatic N) is 6. The van der Waals surface area contributed by atoms with Crippen molar-refractivity contribution in [3.05, 3.63) is 117 Å². The molecule has 52 heavy (non-hydrogen) atoms. The minimum absolute atomic E-state index is 0.0910. The summed E-state index contributed by atoms with van der Waals surface area (Å²) in [6.45, 7) is 0.